The first kappa shape index (κ1) is 24.1. The van der Waals surface area contributed by atoms with Gasteiger partial charge < -0.3 is 20.1 Å². The third-order valence-electron chi connectivity index (χ3n) is 3.98. The van der Waals surface area contributed by atoms with Gasteiger partial charge in [0.2, 0.25) is 10.0 Å². The molecule has 0 amide bonds. The Morgan fingerprint density at radius 2 is 2.11 bits per heavy atom. The number of rotatable bonds is 13. The van der Waals surface area contributed by atoms with Crippen LogP contribution >= 0.6 is 0 Å². The topological polar surface area (TPSA) is 101 Å². The Labute approximate surface area is 164 Å². The van der Waals surface area contributed by atoms with E-state index in [4.69, 9.17) is 9.47 Å². The first-order chi connectivity index (χ1) is 12.9. The highest BCUT2D eigenvalue weighted by atomic mass is 32.2. The van der Waals surface area contributed by atoms with Crippen LogP contribution in [0.25, 0.3) is 0 Å². The molecule has 1 rings (SSSR count). The number of ether oxygens (including phenoxy) is 2. The fourth-order valence-electron chi connectivity index (χ4n) is 2.58. The SMILES string of the molecule is CCNC(=NCCCOCC(C)C)NCCS(=O)(=O)NCC1CCCCO1. The molecule has 0 aromatic heterocycles. The van der Waals surface area contributed by atoms with Gasteiger partial charge in [-0.25, -0.2) is 13.1 Å². The van der Waals surface area contributed by atoms with Crippen LogP contribution in [-0.4, -0.2) is 72.2 Å². The molecule has 0 aromatic rings. The van der Waals surface area contributed by atoms with Gasteiger partial charge in [0.1, 0.15) is 0 Å². The maximum Gasteiger partial charge on any atom is 0.213 e. The second-order valence-electron chi connectivity index (χ2n) is 7.17. The largest absolute Gasteiger partial charge is 0.381 e. The zero-order chi connectivity index (χ0) is 20.0. The number of hydrogen-bond donors (Lipinski definition) is 3. The van der Waals surface area contributed by atoms with Crippen molar-refractivity contribution in [3.63, 3.8) is 0 Å². The van der Waals surface area contributed by atoms with Crippen molar-refractivity contribution in [3.05, 3.63) is 0 Å². The van der Waals surface area contributed by atoms with E-state index in [1.165, 1.54) is 0 Å². The van der Waals surface area contributed by atoms with Crippen molar-refractivity contribution in [2.24, 2.45) is 10.9 Å². The van der Waals surface area contributed by atoms with Crippen LogP contribution in [0, 0.1) is 5.92 Å². The van der Waals surface area contributed by atoms with E-state index >= 15 is 0 Å². The van der Waals surface area contributed by atoms with Gasteiger partial charge in [0.25, 0.3) is 0 Å². The molecule has 1 saturated heterocycles. The van der Waals surface area contributed by atoms with Gasteiger partial charge in [-0.15, -0.1) is 0 Å². The summed E-state index contributed by atoms with van der Waals surface area (Å²) in [5.41, 5.74) is 0. The minimum absolute atomic E-state index is 0.00159. The van der Waals surface area contributed by atoms with Crippen LogP contribution < -0.4 is 15.4 Å². The van der Waals surface area contributed by atoms with E-state index < -0.39 is 10.0 Å². The summed E-state index contributed by atoms with van der Waals surface area (Å²) >= 11 is 0. The Morgan fingerprint density at radius 3 is 2.78 bits per heavy atom. The van der Waals surface area contributed by atoms with E-state index in [1.807, 2.05) is 6.92 Å². The molecule has 8 nitrogen and oxygen atoms in total. The third kappa shape index (κ3) is 13.0. The summed E-state index contributed by atoms with van der Waals surface area (Å²) in [4.78, 5) is 4.45. The highest BCUT2D eigenvalue weighted by Crippen LogP contribution is 2.11. The molecule has 0 spiro atoms. The van der Waals surface area contributed by atoms with Crippen LogP contribution in [0.1, 0.15) is 46.5 Å². The smallest absolute Gasteiger partial charge is 0.213 e. The lowest BCUT2D eigenvalue weighted by Gasteiger charge is -2.22. The molecule has 1 fully saturated rings. The van der Waals surface area contributed by atoms with Gasteiger partial charge in [0.05, 0.1) is 11.9 Å². The maximum absolute atomic E-state index is 12.1. The summed E-state index contributed by atoms with van der Waals surface area (Å²) in [6, 6.07) is 0. The molecule has 1 aliphatic rings. The number of aliphatic imine (C=N–C) groups is 1. The fraction of sp³-hybridized carbons (Fsp3) is 0.944. The molecule has 1 unspecified atom stereocenters. The lowest BCUT2D eigenvalue weighted by Crippen LogP contribution is -2.42. The lowest BCUT2D eigenvalue weighted by atomic mass is 10.1. The molecule has 160 valence electrons. The van der Waals surface area contributed by atoms with E-state index in [1.54, 1.807) is 0 Å². The summed E-state index contributed by atoms with van der Waals surface area (Å²) in [6.07, 6.45) is 3.91. The summed E-state index contributed by atoms with van der Waals surface area (Å²) in [6.45, 7) is 10.4. The van der Waals surface area contributed by atoms with Crippen molar-refractivity contribution >= 4 is 16.0 Å². The van der Waals surface area contributed by atoms with Crippen molar-refractivity contribution < 1.29 is 17.9 Å². The molecule has 27 heavy (non-hydrogen) atoms. The van der Waals surface area contributed by atoms with Crippen molar-refractivity contribution in [3.8, 4) is 0 Å². The van der Waals surface area contributed by atoms with Gasteiger partial charge in [-0.1, -0.05) is 13.8 Å². The highest BCUT2D eigenvalue weighted by molar-refractivity contribution is 7.89. The van der Waals surface area contributed by atoms with Crippen molar-refractivity contribution in [2.45, 2.75) is 52.6 Å². The van der Waals surface area contributed by atoms with Crippen LogP contribution in [0.2, 0.25) is 0 Å². The van der Waals surface area contributed by atoms with Gasteiger partial charge in [0.15, 0.2) is 5.96 Å². The van der Waals surface area contributed by atoms with E-state index in [2.05, 4.69) is 34.2 Å². The van der Waals surface area contributed by atoms with Gasteiger partial charge in [-0.2, -0.15) is 0 Å². The first-order valence-electron chi connectivity index (χ1n) is 10.1. The second kappa shape index (κ2) is 14.1. The van der Waals surface area contributed by atoms with E-state index in [0.29, 0.717) is 38.1 Å². The van der Waals surface area contributed by atoms with Gasteiger partial charge >= 0.3 is 0 Å². The summed E-state index contributed by atoms with van der Waals surface area (Å²) in [7, 11) is -3.33. The zero-order valence-electron chi connectivity index (χ0n) is 17.1. The molecular weight excluding hydrogens is 368 g/mol. The number of sulfonamides is 1. The average molecular weight is 407 g/mol. The Morgan fingerprint density at radius 1 is 1.30 bits per heavy atom. The third-order valence-corrected chi connectivity index (χ3v) is 5.33. The van der Waals surface area contributed by atoms with Crippen LogP contribution in [-0.2, 0) is 19.5 Å². The minimum atomic E-state index is -3.33. The van der Waals surface area contributed by atoms with Crippen LogP contribution in [0.3, 0.4) is 0 Å². The quantitative estimate of drug-likeness (QED) is 0.240. The summed E-state index contributed by atoms with van der Waals surface area (Å²) < 4.78 is 38.0. The molecule has 3 N–H and O–H groups in total. The zero-order valence-corrected chi connectivity index (χ0v) is 17.9. The number of hydrogen-bond acceptors (Lipinski definition) is 5. The normalized spacial score (nSPS) is 18.7. The van der Waals surface area contributed by atoms with Crippen LogP contribution in [0.15, 0.2) is 4.99 Å². The fourth-order valence-corrected chi connectivity index (χ4v) is 3.54. The van der Waals surface area contributed by atoms with Crippen molar-refractivity contribution in [1.82, 2.24) is 15.4 Å². The summed E-state index contributed by atoms with van der Waals surface area (Å²) in [5, 5.41) is 6.20. The molecule has 0 saturated carbocycles. The van der Waals surface area contributed by atoms with Gasteiger partial charge in [-0.05, 0) is 38.5 Å². The molecule has 1 aliphatic heterocycles. The molecule has 0 aromatic carbocycles. The average Bonchev–Trinajstić information content (AvgIpc) is 2.63. The van der Waals surface area contributed by atoms with Crippen LogP contribution in [0.4, 0.5) is 0 Å². The lowest BCUT2D eigenvalue weighted by molar-refractivity contribution is 0.0200. The van der Waals surface area contributed by atoms with Gasteiger partial charge in [-0.3, -0.25) is 4.99 Å². The van der Waals surface area contributed by atoms with Crippen molar-refractivity contribution in [2.75, 3.05) is 51.8 Å². The predicted molar refractivity (Wildman–Crippen MR) is 110 cm³/mol. The summed E-state index contributed by atoms with van der Waals surface area (Å²) in [5.74, 6) is 1.17. The number of guanidine groups is 1. The number of nitrogens with one attached hydrogen (secondary N) is 3. The van der Waals surface area contributed by atoms with Crippen LogP contribution in [0.5, 0.6) is 0 Å². The Bertz CT molecular complexity index is 505. The van der Waals surface area contributed by atoms with Gasteiger partial charge in [0, 0.05) is 46.0 Å². The minimum Gasteiger partial charge on any atom is -0.381 e. The Kier molecular flexibility index (Phi) is 12.6. The molecule has 0 aliphatic carbocycles. The molecule has 1 atom stereocenters. The molecule has 1 heterocycles. The first-order valence-corrected chi connectivity index (χ1v) is 11.8. The van der Waals surface area contributed by atoms with E-state index in [-0.39, 0.29) is 11.9 Å². The second-order valence-corrected chi connectivity index (χ2v) is 9.09. The Balaban J connectivity index is 2.24. The molecule has 0 bridgehead atoms. The van der Waals surface area contributed by atoms with E-state index in [0.717, 1.165) is 45.4 Å². The highest BCUT2D eigenvalue weighted by Gasteiger charge is 2.17. The molecule has 9 heteroatoms. The van der Waals surface area contributed by atoms with E-state index in [9.17, 15) is 8.42 Å². The monoisotopic (exact) mass is 406 g/mol. The maximum atomic E-state index is 12.1. The molecular formula is C18H38N4O4S. The molecule has 0 radical (unpaired) electrons. The number of nitrogens with zero attached hydrogens (tertiary/aromatic N) is 1. The Hall–Kier alpha value is -0.900. The van der Waals surface area contributed by atoms with Crippen molar-refractivity contribution in [1.29, 1.82) is 0 Å². The predicted octanol–water partition coefficient (Wildman–Crippen LogP) is 1.09. The standard InChI is InChI=1S/C18H38N4O4S/c1-4-19-18(20-9-7-11-25-15-16(2)3)21-10-13-27(23,24)22-14-17-8-5-6-12-26-17/h16-17,22H,4-15H2,1-3H3,(H2,19,20,21).